The molecule has 7 nitrogen and oxygen atoms in total. The first-order valence-electron chi connectivity index (χ1n) is 9.87. The van der Waals surface area contributed by atoms with E-state index in [9.17, 15) is 4.79 Å². The predicted molar refractivity (Wildman–Crippen MR) is 125 cm³/mol. The maximum absolute atomic E-state index is 12.4. The molecule has 0 fully saturated rings. The Balaban J connectivity index is 1.28. The van der Waals surface area contributed by atoms with Gasteiger partial charge in [0, 0.05) is 35.8 Å². The van der Waals surface area contributed by atoms with Crippen molar-refractivity contribution in [2.75, 3.05) is 23.7 Å². The van der Waals surface area contributed by atoms with E-state index in [1.807, 2.05) is 66.9 Å². The molecular weight excluding hydrogens is 408 g/mol. The first-order valence-corrected chi connectivity index (χ1v) is 10.7. The van der Waals surface area contributed by atoms with Gasteiger partial charge in [-0.05, 0) is 48.2 Å². The van der Waals surface area contributed by atoms with Gasteiger partial charge in [-0.15, -0.1) is 11.3 Å². The van der Waals surface area contributed by atoms with Gasteiger partial charge < -0.3 is 16.0 Å². The van der Waals surface area contributed by atoms with Crippen molar-refractivity contribution in [1.29, 1.82) is 0 Å². The topological polar surface area (TPSA) is 91.8 Å². The van der Waals surface area contributed by atoms with E-state index in [1.165, 1.54) is 4.88 Å². The average molecular weight is 431 g/mol. The van der Waals surface area contributed by atoms with Crippen molar-refractivity contribution >= 4 is 34.7 Å². The number of pyridine rings is 1. The molecule has 0 saturated carbocycles. The first kappa shape index (κ1) is 20.5. The Kier molecular flexibility index (Phi) is 6.49. The third kappa shape index (κ3) is 5.64. The van der Waals surface area contributed by atoms with Crippen molar-refractivity contribution in [3.63, 3.8) is 0 Å². The number of benzene rings is 1. The van der Waals surface area contributed by atoms with Crippen LogP contribution in [0.5, 0.6) is 0 Å². The third-order valence-corrected chi connectivity index (χ3v) is 5.35. The molecular formula is C23H22N6OS. The van der Waals surface area contributed by atoms with Gasteiger partial charge in [-0.3, -0.25) is 4.79 Å². The number of rotatable bonds is 8. The van der Waals surface area contributed by atoms with E-state index >= 15 is 0 Å². The third-order valence-electron chi connectivity index (χ3n) is 4.43. The second kappa shape index (κ2) is 9.82. The minimum atomic E-state index is -0.101. The summed E-state index contributed by atoms with van der Waals surface area (Å²) in [5.41, 5.74) is 1.75. The van der Waals surface area contributed by atoms with E-state index in [-0.39, 0.29) is 5.91 Å². The highest BCUT2D eigenvalue weighted by Gasteiger charge is 2.07. The van der Waals surface area contributed by atoms with E-state index in [2.05, 4.69) is 37.0 Å². The van der Waals surface area contributed by atoms with Gasteiger partial charge in [0.25, 0.3) is 5.91 Å². The van der Waals surface area contributed by atoms with Gasteiger partial charge in [-0.1, -0.05) is 24.3 Å². The molecule has 0 atom stereocenters. The van der Waals surface area contributed by atoms with Crippen molar-refractivity contribution in [3.05, 3.63) is 83.6 Å². The number of anilines is 3. The van der Waals surface area contributed by atoms with Crippen LogP contribution in [0.15, 0.2) is 72.2 Å². The van der Waals surface area contributed by atoms with Crippen LogP contribution in [0.3, 0.4) is 0 Å². The Labute approximate surface area is 184 Å². The summed E-state index contributed by atoms with van der Waals surface area (Å²) in [6.07, 6.45) is 1.72. The summed E-state index contributed by atoms with van der Waals surface area (Å²) in [5.74, 6) is 2.59. The molecule has 4 aromatic rings. The minimum Gasteiger partial charge on any atom is -0.368 e. The van der Waals surface area contributed by atoms with E-state index in [0.717, 1.165) is 5.56 Å². The Morgan fingerprint density at radius 1 is 0.935 bits per heavy atom. The second-order valence-corrected chi connectivity index (χ2v) is 7.71. The molecule has 0 unspecified atom stereocenters. The summed E-state index contributed by atoms with van der Waals surface area (Å²) in [6.45, 7) is 2.84. The van der Waals surface area contributed by atoms with Crippen LogP contribution in [0.25, 0.3) is 10.4 Å². The van der Waals surface area contributed by atoms with Gasteiger partial charge in [0.1, 0.15) is 23.3 Å². The van der Waals surface area contributed by atoms with E-state index in [4.69, 9.17) is 0 Å². The predicted octanol–water partition coefficient (Wildman–Crippen LogP) is 4.49. The number of amides is 1. The molecule has 8 heteroatoms. The highest BCUT2D eigenvalue weighted by atomic mass is 32.1. The number of aromatic nitrogens is 3. The second-order valence-electron chi connectivity index (χ2n) is 6.76. The summed E-state index contributed by atoms with van der Waals surface area (Å²) in [4.78, 5) is 26.6. The first-order chi connectivity index (χ1) is 15.2. The fourth-order valence-electron chi connectivity index (χ4n) is 2.99. The summed E-state index contributed by atoms with van der Waals surface area (Å²) in [5, 5.41) is 11.3. The summed E-state index contributed by atoms with van der Waals surface area (Å²) < 4.78 is 0. The van der Waals surface area contributed by atoms with Crippen molar-refractivity contribution in [2.24, 2.45) is 0 Å². The van der Waals surface area contributed by atoms with E-state index in [1.54, 1.807) is 17.5 Å². The van der Waals surface area contributed by atoms with Crippen LogP contribution in [-0.2, 0) is 0 Å². The number of nitrogens with zero attached hydrogens (tertiary/aromatic N) is 3. The molecule has 3 aromatic heterocycles. The molecule has 156 valence electrons. The zero-order valence-corrected chi connectivity index (χ0v) is 17.8. The number of carbonyl (C=O) groups excluding carboxylic acids is 1. The number of aryl methyl sites for hydroxylation is 1. The maximum Gasteiger partial charge on any atom is 0.251 e. The molecule has 0 radical (unpaired) electrons. The highest BCUT2D eigenvalue weighted by molar-refractivity contribution is 7.13. The molecule has 0 saturated heterocycles. The molecule has 1 amide bonds. The molecule has 1 aromatic carbocycles. The molecule has 31 heavy (non-hydrogen) atoms. The number of hydrogen-bond acceptors (Lipinski definition) is 7. The quantitative estimate of drug-likeness (QED) is 0.357. The Morgan fingerprint density at radius 3 is 2.52 bits per heavy atom. The van der Waals surface area contributed by atoms with Gasteiger partial charge in [-0.2, -0.15) is 0 Å². The molecule has 3 N–H and O–H groups in total. The van der Waals surface area contributed by atoms with Crippen molar-refractivity contribution in [1.82, 2.24) is 20.3 Å². The maximum atomic E-state index is 12.4. The molecule has 0 aliphatic heterocycles. The molecule has 4 rings (SSSR count). The Bertz CT molecular complexity index is 1130. The number of thiophene rings is 1. The van der Waals surface area contributed by atoms with Crippen LogP contribution < -0.4 is 16.0 Å². The average Bonchev–Trinajstić information content (AvgIpc) is 3.32. The van der Waals surface area contributed by atoms with Gasteiger partial charge in [-0.25, -0.2) is 15.0 Å². The van der Waals surface area contributed by atoms with Crippen LogP contribution in [0, 0.1) is 6.92 Å². The number of carbonyl (C=O) groups is 1. The lowest BCUT2D eigenvalue weighted by atomic mass is 10.1. The lowest BCUT2D eigenvalue weighted by Crippen LogP contribution is -2.28. The van der Waals surface area contributed by atoms with Crippen LogP contribution in [-0.4, -0.2) is 33.9 Å². The Morgan fingerprint density at radius 2 is 1.77 bits per heavy atom. The summed E-state index contributed by atoms with van der Waals surface area (Å²) >= 11 is 1.68. The smallest absolute Gasteiger partial charge is 0.251 e. The Hall–Kier alpha value is -3.78. The van der Waals surface area contributed by atoms with E-state index in [0.29, 0.717) is 41.9 Å². The van der Waals surface area contributed by atoms with Gasteiger partial charge in [0.05, 0.1) is 0 Å². The van der Waals surface area contributed by atoms with Gasteiger partial charge in [0.15, 0.2) is 0 Å². The largest absolute Gasteiger partial charge is 0.368 e. The highest BCUT2D eigenvalue weighted by Crippen LogP contribution is 2.24. The lowest BCUT2D eigenvalue weighted by Gasteiger charge is -2.10. The molecule has 0 bridgehead atoms. The molecule has 3 heterocycles. The van der Waals surface area contributed by atoms with Crippen molar-refractivity contribution in [3.8, 4) is 10.4 Å². The number of nitrogens with one attached hydrogen (secondary N) is 3. The fourth-order valence-corrected chi connectivity index (χ4v) is 3.72. The van der Waals surface area contributed by atoms with Crippen molar-refractivity contribution < 1.29 is 4.79 Å². The molecule has 0 spiro atoms. The van der Waals surface area contributed by atoms with Gasteiger partial charge in [0.2, 0.25) is 0 Å². The number of hydrogen-bond donors (Lipinski definition) is 3. The van der Waals surface area contributed by atoms with Crippen LogP contribution in [0.2, 0.25) is 0 Å². The van der Waals surface area contributed by atoms with E-state index < -0.39 is 0 Å². The van der Waals surface area contributed by atoms with Crippen molar-refractivity contribution in [2.45, 2.75) is 6.92 Å². The minimum absolute atomic E-state index is 0.101. The van der Waals surface area contributed by atoms with Crippen LogP contribution >= 0.6 is 11.3 Å². The molecule has 0 aliphatic rings. The monoisotopic (exact) mass is 430 g/mol. The van der Waals surface area contributed by atoms with Crippen LogP contribution in [0.1, 0.15) is 16.2 Å². The fraction of sp³-hybridized carbons (Fsp3) is 0.130. The summed E-state index contributed by atoms with van der Waals surface area (Å²) in [6, 6.07) is 19.2. The lowest BCUT2D eigenvalue weighted by molar-refractivity contribution is 0.0955. The molecule has 0 aliphatic carbocycles. The van der Waals surface area contributed by atoms with Gasteiger partial charge >= 0.3 is 0 Å². The standard InChI is InChI=1S/C23H22N6OS/c1-16-27-21(15-22(28-16)29-20-6-2-3-11-24-20)25-12-13-26-23(30)18-9-7-17(8-10-18)19-5-4-14-31-19/h2-11,14-15H,12-13H2,1H3,(H,26,30)(H2,24,25,27,28,29). The van der Waals surface area contributed by atoms with Crippen LogP contribution in [0.4, 0.5) is 17.5 Å². The normalized spacial score (nSPS) is 10.5. The zero-order valence-electron chi connectivity index (χ0n) is 17.0. The zero-order chi connectivity index (χ0) is 21.5. The summed E-state index contributed by atoms with van der Waals surface area (Å²) in [7, 11) is 0. The SMILES string of the molecule is Cc1nc(NCCNC(=O)c2ccc(-c3cccs3)cc2)cc(Nc2ccccn2)n1.